The van der Waals surface area contributed by atoms with Crippen LogP contribution in [0.1, 0.15) is 11.7 Å². The molecule has 0 heterocycles. The molecule has 0 unspecified atom stereocenters. The molecule has 0 aliphatic heterocycles. The summed E-state index contributed by atoms with van der Waals surface area (Å²) in [6, 6.07) is -0.0642. The molecule has 0 fully saturated rings. The van der Waals surface area contributed by atoms with Crippen LogP contribution in [0.3, 0.4) is 0 Å². The van der Waals surface area contributed by atoms with E-state index in [1.54, 1.807) is 0 Å². The number of halogens is 5. The summed E-state index contributed by atoms with van der Waals surface area (Å²) in [4.78, 5) is 8.88. The summed E-state index contributed by atoms with van der Waals surface area (Å²) in [6.45, 7) is 0. The van der Waals surface area contributed by atoms with Crippen molar-refractivity contribution >= 4 is 5.69 Å². The second-order valence-electron chi connectivity index (χ2n) is 3.03. The highest BCUT2D eigenvalue weighted by Gasteiger charge is 2.41. The van der Waals surface area contributed by atoms with E-state index in [1.165, 1.54) is 0 Å². The number of aliphatic hydroxyl groups excluding tert-OH is 1. The van der Waals surface area contributed by atoms with Crippen molar-refractivity contribution in [1.29, 1.82) is 0 Å². The molecular weight excluding hydrogens is 253 g/mol. The molecule has 0 amide bonds. The molecule has 1 atom stereocenters. The summed E-state index contributed by atoms with van der Waals surface area (Å²) in [5.74, 6) is -3.36. The lowest BCUT2D eigenvalue weighted by molar-refractivity contribution is -0.387. The Bertz CT molecular complexity index is 459. The van der Waals surface area contributed by atoms with Gasteiger partial charge in [-0.05, 0) is 6.07 Å². The highest BCUT2D eigenvalue weighted by atomic mass is 19.4. The molecule has 4 nitrogen and oxygen atoms in total. The van der Waals surface area contributed by atoms with Crippen LogP contribution in [-0.2, 0) is 0 Å². The van der Waals surface area contributed by atoms with Crippen molar-refractivity contribution in [1.82, 2.24) is 0 Å². The van der Waals surface area contributed by atoms with Crippen molar-refractivity contribution in [2.24, 2.45) is 0 Å². The first kappa shape index (κ1) is 13.3. The van der Waals surface area contributed by atoms with Gasteiger partial charge in [-0.2, -0.15) is 17.6 Å². The van der Waals surface area contributed by atoms with E-state index in [4.69, 9.17) is 5.11 Å². The van der Waals surface area contributed by atoms with Gasteiger partial charge in [-0.3, -0.25) is 10.1 Å². The third-order valence-electron chi connectivity index (χ3n) is 1.87. The van der Waals surface area contributed by atoms with E-state index in [0.717, 1.165) is 0 Å². The molecule has 9 heteroatoms. The topological polar surface area (TPSA) is 63.4 Å². The zero-order valence-electron chi connectivity index (χ0n) is 7.83. The van der Waals surface area contributed by atoms with Crippen LogP contribution >= 0.6 is 0 Å². The number of rotatable bonds is 2. The molecule has 1 aromatic carbocycles. The third-order valence-corrected chi connectivity index (χ3v) is 1.87. The second-order valence-corrected chi connectivity index (χ2v) is 3.03. The first-order valence-corrected chi connectivity index (χ1v) is 4.02. The summed E-state index contributed by atoms with van der Waals surface area (Å²) in [5.41, 5.74) is -2.71. The van der Waals surface area contributed by atoms with Crippen LogP contribution < -0.4 is 0 Å². The fourth-order valence-corrected chi connectivity index (χ4v) is 1.08. The van der Waals surface area contributed by atoms with Crippen molar-refractivity contribution in [3.8, 4) is 0 Å². The quantitative estimate of drug-likeness (QED) is 0.503. The Labute approximate surface area is 90.4 Å². The Morgan fingerprint density at radius 1 is 1.24 bits per heavy atom. The molecule has 0 aromatic heterocycles. The normalized spacial score (nSPS) is 13.5. The molecule has 0 aliphatic carbocycles. The van der Waals surface area contributed by atoms with Crippen LogP contribution in [0, 0.1) is 21.7 Å². The Morgan fingerprint density at radius 3 is 2.18 bits per heavy atom. The number of benzene rings is 1. The van der Waals surface area contributed by atoms with Crippen LogP contribution in [0.15, 0.2) is 12.1 Å². The maximum absolute atomic E-state index is 13.0. The first-order chi connectivity index (χ1) is 7.64. The van der Waals surface area contributed by atoms with Gasteiger partial charge in [0.1, 0.15) is 5.82 Å². The largest absolute Gasteiger partial charge is 0.418 e. The minimum absolute atomic E-state index is 0.0143. The van der Waals surface area contributed by atoms with E-state index in [0.29, 0.717) is 0 Å². The van der Waals surface area contributed by atoms with E-state index >= 15 is 0 Å². The fraction of sp³-hybridized carbons (Fsp3) is 0.250. The molecule has 17 heavy (non-hydrogen) atoms. The smallest absolute Gasteiger partial charge is 0.379 e. The highest BCUT2D eigenvalue weighted by Crippen LogP contribution is 2.35. The number of hydrogen-bond acceptors (Lipinski definition) is 3. The van der Waals surface area contributed by atoms with Gasteiger partial charge in [-0.15, -0.1) is 0 Å². The van der Waals surface area contributed by atoms with E-state index in [2.05, 4.69) is 0 Å². The van der Waals surface area contributed by atoms with Gasteiger partial charge in [-0.1, -0.05) is 0 Å². The Morgan fingerprint density at radius 2 is 1.76 bits per heavy atom. The SMILES string of the molecule is O=[N+]([O-])c1cc(F)c([C@@H](O)C(F)(F)F)cc1F. The van der Waals surface area contributed by atoms with Gasteiger partial charge >= 0.3 is 11.9 Å². The first-order valence-electron chi connectivity index (χ1n) is 4.02. The van der Waals surface area contributed by atoms with Gasteiger partial charge in [0.05, 0.1) is 11.0 Å². The molecule has 0 saturated carbocycles. The average molecular weight is 257 g/mol. The number of aliphatic hydroxyl groups is 1. The number of alkyl halides is 3. The highest BCUT2D eigenvalue weighted by molar-refractivity contribution is 5.37. The fourth-order valence-electron chi connectivity index (χ4n) is 1.08. The maximum Gasteiger partial charge on any atom is 0.418 e. The summed E-state index contributed by atoms with van der Waals surface area (Å²) in [6.07, 6.45) is -8.43. The van der Waals surface area contributed by atoms with Crippen molar-refractivity contribution < 1.29 is 32.0 Å². The number of nitro groups is 1. The number of hydrogen-bond donors (Lipinski definition) is 1. The lowest BCUT2D eigenvalue weighted by Crippen LogP contribution is -2.21. The summed E-state index contributed by atoms with van der Waals surface area (Å²) in [7, 11) is 0. The monoisotopic (exact) mass is 257 g/mol. The summed E-state index contributed by atoms with van der Waals surface area (Å²) in [5, 5.41) is 18.9. The third kappa shape index (κ3) is 2.67. The zero-order valence-corrected chi connectivity index (χ0v) is 7.83. The minimum Gasteiger partial charge on any atom is -0.379 e. The van der Waals surface area contributed by atoms with Gasteiger partial charge in [0, 0.05) is 5.56 Å². The van der Waals surface area contributed by atoms with Gasteiger partial charge in [0.25, 0.3) is 0 Å². The molecule has 0 radical (unpaired) electrons. The van der Waals surface area contributed by atoms with E-state index in [9.17, 15) is 32.1 Å². The predicted octanol–water partition coefficient (Wildman–Crippen LogP) is 2.47. The maximum atomic E-state index is 13.0. The van der Waals surface area contributed by atoms with Crippen LogP contribution in [0.25, 0.3) is 0 Å². The van der Waals surface area contributed by atoms with Gasteiger partial charge in [-0.25, -0.2) is 4.39 Å². The van der Waals surface area contributed by atoms with Gasteiger partial charge in [0.2, 0.25) is 5.82 Å². The Balaban J connectivity index is 3.30. The summed E-state index contributed by atoms with van der Waals surface area (Å²) < 4.78 is 62.1. The van der Waals surface area contributed by atoms with E-state index in [-0.39, 0.29) is 12.1 Å². The minimum atomic E-state index is -5.19. The van der Waals surface area contributed by atoms with Crippen molar-refractivity contribution in [2.75, 3.05) is 0 Å². The molecule has 1 rings (SSSR count). The Hall–Kier alpha value is -1.77. The van der Waals surface area contributed by atoms with Crippen LogP contribution in [-0.4, -0.2) is 16.2 Å². The van der Waals surface area contributed by atoms with Crippen LogP contribution in [0.2, 0.25) is 0 Å². The van der Waals surface area contributed by atoms with Crippen LogP contribution in [0.4, 0.5) is 27.6 Å². The molecule has 0 saturated heterocycles. The predicted molar refractivity (Wildman–Crippen MR) is 44.0 cm³/mol. The standard InChI is InChI=1S/C8H4F5NO3/c9-4-2-6(14(16)17)5(10)1-3(4)7(15)8(11,12)13/h1-2,7,15H/t7-/m1/s1. The second kappa shape index (κ2) is 4.24. The molecule has 0 spiro atoms. The van der Waals surface area contributed by atoms with Crippen molar-refractivity contribution in [3.05, 3.63) is 39.4 Å². The Kier molecular flexibility index (Phi) is 3.32. The van der Waals surface area contributed by atoms with Crippen LogP contribution in [0.5, 0.6) is 0 Å². The summed E-state index contributed by atoms with van der Waals surface area (Å²) >= 11 is 0. The molecule has 94 valence electrons. The number of nitrogens with zero attached hydrogens (tertiary/aromatic N) is 1. The van der Waals surface area contributed by atoms with Gasteiger partial charge < -0.3 is 5.11 Å². The lowest BCUT2D eigenvalue weighted by Gasteiger charge is -2.15. The zero-order chi connectivity index (χ0) is 13.4. The van der Waals surface area contributed by atoms with Crippen molar-refractivity contribution in [2.45, 2.75) is 12.3 Å². The van der Waals surface area contributed by atoms with Gasteiger partial charge in [0.15, 0.2) is 6.10 Å². The molecular formula is C8H4F5NO3. The number of nitro benzene ring substituents is 1. The van der Waals surface area contributed by atoms with Crippen molar-refractivity contribution in [3.63, 3.8) is 0 Å². The molecule has 1 N–H and O–H groups in total. The molecule has 1 aromatic rings. The van der Waals surface area contributed by atoms with E-state index < -0.39 is 40.1 Å². The average Bonchev–Trinajstić information content (AvgIpc) is 2.18. The molecule has 0 aliphatic rings. The molecule has 0 bridgehead atoms. The van der Waals surface area contributed by atoms with E-state index in [1.807, 2.05) is 0 Å². The lowest BCUT2D eigenvalue weighted by atomic mass is 10.1.